The molecule has 3 heteroatoms. The third-order valence-electron chi connectivity index (χ3n) is 3.29. The Labute approximate surface area is 107 Å². The second-order valence-electron chi connectivity index (χ2n) is 6.57. The standard InChI is InChI=1S/C14H30N2O/c1-7-14(2,3)13(17)15-11-9-8-10-12-16(4,5)6/h7-12H2,1-6H3/p+1. The Morgan fingerprint density at radius 2 is 1.71 bits per heavy atom. The average molecular weight is 243 g/mol. The van der Waals surface area contributed by atoms with Crippen LogP contribution in [0.3, 0.4) is 0 Å². The van der Waals surface area contributed by atoms with Gasteiger partial charge in [0.2, 0.25) is 5.91 Å². The summed E-state index contributed by atoms with van der Waals surface area (Å²) in [6, 6.07) is 0. The van der Waals surface area contributed by atoms with Gasteiger partial charge in [-0.15, -0.1) is 0 Å². The summed E-state index contributed by atoms with van der Waals surface area (Å²) in [5.41, 5.74) is -0.220. The van der Waals surface area contributed by atoms with E-state index in [1.165, 1.54) is 19.4 Å². The number of hydrogen-bond acceptors (Lipinski definition) is 1. The van der Waals surface area contributed by atoms with Gasteiger partial charge in [0.05, 0.1) is 27.7 Å². The van der Waals surface area contributed by atoms with Crippen molar-refractivity contribution >= 4 is 5.91 Å². The molecule has 0 fully saturated rings. The van der Waals surface area contributed by atoms with Crippen molar-refractivity contribution in [2.24, 2.45) is 5.41 Å². The van der Waals surface area contributed by atoms with E-state index >= 15 is 0 Å². The lowest BCUT2D eigenvalue weighted by Crippen LogP contribution is -2.37. The molecular formula is C14H31N2O+. The van der Waals surface area contributed by atoms with Crippen molar-refractivity contribution < 1.29 is 9.28 Å². The molecule has 1 N–H and O–H groups in total. The molecule has 1 amide bonds. The Morgan fingerprint density at radius 1 is 1.12 bits per heavy atom. The molecule has 0 spiro atoms. The molecule has 0 rings (SSSR count). The van der Waals surface area contributed by atoms with Crippen molar-refractivity contribution in [3.05, 3.63) is 0 Å². The quantitative estimate of drug-likeness (QED) is 0.515. The normalized spacial score (nSPS) is 12.6. The van der Waals surface area contributed by atoms with Gasteiger partial charge in [0.15, 0.2) is 0 Å². The number of amides is 1. The maximum Gasteiger partial charge on any atom is 0.225 e. The summed E-state index contributed by atoms with van der Waals surface area (Å²) >= 11 is 0. The highest BCUT2D eigenvalue weighted by Gasteiger charge is 2.24. The largest absolute Gasteiger partial charge is 0.356 e. The van der Waals surface area contributed by atoms with Crippen LogP contribution in [0, 0.1) is 5.41 Å². The molecule has 0 atom stereocenters. The van der Waals surface area contributed by atoms with Crippen LogP contribution in [-0.2, 0) is 4.79 Å². The van der Waals surface area contributed by atoms with E-state index in [1.807, 2.05) is 13.8 Å². The third-order valence-corrected chi connectivity index (χ3v) is 3.29. The molecule has 0 aliphatic carbocycles. The van der Waals surface area contributed by atoms with Gasteiger partial charge in [0, 0.05) is 12.0 Å². The number of nitrogens with zero attached hydrogens (tertiary/aromatic N) is 1. The minimum Gasteiger partial charge on any atom is -0.356 e. The smallest absolute Gasteiger partial charge is 0.225 e. The van der Waals surface area contributed by atoms with Crippen LogP contribution in [0.1, 0.15) is 46.5 Å². The van der Waals surface area contributed by atoms with Crippen molar-refractivity contribution in [1.82, 2.24) is 5.32 Å². The zero-order valence-corrected chi connectivity index (χ0v) is 12.6. The van der Waals surface area contributed by atoms with Gasteiger partial charge in [0.1, 0.15) is 0 Å². The van der Waals surface area contributed by atoms with E-state index in [0.29, 0.717) is 0 Å². The first-order chi connectivity index (χ1) is 7.69. The van der Waals surface area contributed by atoms with E-state index < -0.39 is 0 Å². The fourth-order valence-electron chi connectivity index (χ4n) is 1.49. The molecule has 3 nitrogen and oxygen atoms in total. The molecule has 0 aromatic rings. The monoisotopic (exact) mass is 243 g/mol. The highest BCUT2D eigenvalue weighted by molar-refractivity contribution is 5.81. The maximum atomic E-state index is 11.8. The van der Waals surface area contributed by atoms with Gasteiger partial charge in [-0.3, -0.25) is 4.79 Å². The third kappa shape index (κ3) is 8.19. The fraction of sp³-hybridized carbons (Fsp3) is 0.929. The van der Waals surface area contributed by atoms with Crippen LogP contribution in [0.4, 0.5) is 0 Å². The number of rotatable bonds is 8. The Hall–Kier alpha value is -0.570. The van der Waals surface area contributed by atoms with Crippen LogP contribution in [0.2, 0.25) is 0 Å². The van der Waals surface area contributed by atoms with E-state index in [1.54, 1.807) is 0 Å². The van der Waals surface area contributed by atoms with Crippen LogP contribution in [0.15, 0.2) is 0 Å². The molecule has 17 heavy (non-hydrogen) atoms. The average Bonchev–Trinajstić information content (AvgIpc) is 2.21. The van der Waals surface area contributed by atoms with E-state index in [-0.39, 0.29) is 11.3 Å². The predicted molar refractivity (Wildman–Crippen MR) is 73.8 cm³/mol. The van der Waals surface area contributed by atoms with Crippen LogP contribution in [0.25, 0.3) is 0 Å². The zero-order chi connectivity index (χ0) is 13.5. The number of nitrogens with one attached hydrogen (secondary N) is 1. The Balaban J connectivity index is 3.56. The number of unbranched alkanes of at least 4 members (excludes halogenated alkanes) is 2. The molecule has 0 radical (unpaired) electrons. The van der Waals surface area contributed by atoms with Gasteiger partial charge >= 0.3 is 0 Å². The summed E-state index contributed by atoms with van der Waals surface area (Å²) in [6.07, 6.45) is 4.41. The van der Waals surface area contributed by atoms with Gasteiger partial charge in [-0.25, -0.2) is 0 Å². The van der Waals surface area contributed by atoms with Crippen LogP contribution in [-0.4, -0.2) is 44.6 Å². The molecule has 0 saturated carbocycles. The first-order valence-corrected chi connectivity index (χ1v) is 6.78. The van der Waals surface area contributed by atoms with Crippen LogP contribution < -0.4 is 5.32 Å². The highest BCUT2D eigenvalue weighted by atomic mass is 16.2. The molecule has 102 valence electrons. The van der Waals surface area contributed by atoms with Crippen molar-refractivity contribution in [3.63, 3.8) is 0 Å². The maximum absolute atomic E-state index is 11.8. The number of quaternary nitrogens is 1. The number of hydrogen-bond donors (Lipinski definition) is 1. The second kappa shape index (κ2) is 7.00. The fourth-order valence-corrected chi connectivity index (χ4v) is 1.49. The minimum atomic E-state index is -0.220. The van der Waals surface area contributed by atoms with Crippen molar-refractivity contribution in [2.75, 3.05) is 34.2 Å². The minimum absolute atomic E-state index is 0.187. The highest BCUT2D eigenvalue weighted by Crippen LogP contribution is 2.19. The van der Waals surface area contributed by atoms with E-state index in [4.69, 9.17) is 0 Å². The molecule has 0 aromatic heterocycles. The van der Waals surface area contributed by atoms with Crippen LogP contribution >= 0.6 is 0 Å². The molecule has 0 aliphatic rings. The van der Waals surface area contributed by atoms with Gasteiger partial charge in [-0.05, 0) is 25.7 Å². The number of carbonyl (C=O) groups excluding carboxylic acids is 1. The van der Waals surface area contributed by atoms with Crippen molar-refractivity contribution in [2.45, 2.75) is 46.5 Å². The summed E-state index contributed by atoms with van der Waals surface area (Å²) in [4.78, 5) is 11.8. The summed E-state index contributed by atoms with van der Waals surface area (Å²) in [5.74, 6) is 0.187. The van der Waals surface area contributed by atoms with Crippen LogP contribution in [0.5, 0.6) is 0 Å². The summed E-state index contributed by atoms with van der Waals surface area (Å²) in [7, 11) is 6.64. The second-order valence-corrected chi connectivity index (χ2v) is 6.57. The van der Waals surface area contributed by atoms with Crippen molar-refractivity contribution in [3.8, 4) is 0 Å². The summed E-state index contributed by atoms with van der Waals surface area (Å²) < 4.78 is 1.02. The van der Waals surface area contributed by atoms with Gasteiger partial charge in [-0.1, -0.05) is 20.8 Å². The van der Waals surface area contributed by atoms with E-state index in [9.17, 15) is 4.79 Å². The topological polar surface area (TPSA) is 29.1 Å². The Morgan fingerprint density at radius 3 is 2.18 bits per heavy atom. The van der Waals surface area contributed by atoms with Gasteiger partial charge in [0.25, 0.3) is 0 Å². The molecular weight excluding hydrogens is 212 g/mol. The van der Waals surface area contributed by atoms with Gasteiger partial charge < -0.3 is 9.80 Å². The summed E-state index contributed by atoms with van der Waals surface area (Å²) in [6.45, 7) is 8.08. The lowest BCUT2D eigenvalue weighted by molar-refractivity contribution is -0.870. The van der Waals surface area contributed by atoms with E-state index in [2.05, 4.69) is 33.4 Å². The first-order valence-electron chi connectivity index (χ1n) is 6.78. The molecule has 0 unspecified atom stereocenters. The molecule has 0 aromatic carbocycles. The molecule has 0 aliphatic heterocycles. The first kappa shape index (κ1) is 16.4. The Bertz CT molecular complexity index is 229. The number of carbonyl (C=O) groups is 1. The lowest BCUT2D eigenvalue weighted by atomic mass is 9.89. The molecule has 0 heterocycles. The zero-order valence-electron chi connectivity index (χ0n) is 12.6. The Kier molecular flexibility index (Phi) is 6.76. The molecule has 0 bridgehead atoms. The molecule has 0 saturated heterocycles. The van der Waals surface area contributed by atoms with Gasteiger partial charge in [-0.2, -0.15) is 0 Å². The van der Waals surface area contributed by atoms with E-state index in [0.717, 1.165) is 23.9 Å². The summed E-state index contributed by atoms with van der Waals surface area (Å²) in [5, 5.41) is 3.03. The lowest BCUT2D eigenvalue weighted by Gasteiger charge is -2.24. The van der Waals surface area contributed by atoms with Crippen molar-refractivity contribution in [1.29, 1.82) is 0 Å². The SMILES string of the molecule is CCC(C)(C)C(=O)NCCCCC[N+](C)(C)C. The predicted octanol–water partition coefficient (Wildman–Crippen LogP) is 2.42.